The van der Waals surface area contributed by atoms with Crippen LogP contribution in [-0.4, -0.2) is 41.7 Å². The van der Waals surface area contributed by atoms with Gasteiger partial charge in [-0.25, -0.2) is 4.99 Å². The van der Waals surface area contributed by atoms with Crippen LogP contribution in [0.25, 0.3) is 0 Å². The second-order valence-electron chi connectivity index (χ2n) is 3.08. The molecule has 0 spiro atoms. The van der Waals surface area contributed by atoms with E-state index in [9.17, 15) is 4.79 Å². The lowest BCUT2D eigenvalue weighted by Gasteiger charge is -2.28. The largest absolute Gasteiger partial charge is 0.481 e. The Labute approximate surface area is 87.2 Å². The first-order valence-corrected chi connectivity index (χ1v) is 4.54. The maximum Gasteiger partial charge on any atom is 0.314 e. The summed E-state index contributed by atoms with van der Waals surface area (Å²) >= 11 is 4.87. The fraction of sp³-hybridized carbons (Fsp3) is 0.625. The molecule has 2 atom stereocenters. The van der Waals surface area contributed by atoms with Crippen LogP contribution in [0.4, 0.5) is 0 Å². The molecule has 5 nitrogen and oxygen atoms in total. The van der Waals surface area contributed by atoms with Crippen LogP contribution in [0, 0.1) is 5.92 Å². The molecule has 0 aromatic rings. The van der Waals surface area contributed by atoms with Gasteiger partial charge in [0.1, 0.15) is 5.92 Å². The molecule has 0 amide bonds. The Morgan fingerprint density at radius 2 is 2.43 bits per heavy atom. The lowest BCUT2D eigenvalue weighted by atomic mass is 9.94. The minimum atomic E-state index is -0.914. The van der Waals surface area contributed by atoms with E-state index in [1.165, 1.54) is 7.11 Å². The van der Waals surface area contributed by atoms with Gasteiger partial charge in [0.25, 0.3) is 0 Å². The minimum absolute atomic E-state index is 0.296. The van der Waals surface area contributed by atoms with E-state index < -0.39 is 11.9 Å². The van der Waals surface area contributed by atoms with Gasteiger partial charge >= 0.3 is 5.97 Å². The summed E-state index contributed by atoms with van der Waals surface area (Å²) < 4.78 is 4.92. The predicted molar refractivity (Wildman–Crippen MR) is 55.6 cm³/mol. The van der Waals surface area contributed by atoms with Crippen LogP contribution in [0.2, 0.25) is 0 Å². The number of aliphatic carboxylic acids is 1. The molecule has 0 saturated heterocycles. The van der Waals surface area contributed by atoms with Gasteiger partial charge in [0, 0.05) is 12.8 Å². The van der Waals surface area contributed by atoms with Gasteiger partial charge in [-0.2, -0.15) is 0 Å². The van der Waals surface area contributed by atoms with Crippen LogP contribution < -0.4 is 5.32 Å². The van der Waals surface area contributed by atoms with Gasteiger partial charge < -0.3 is 15.2 Å². The van der Waals surface area contributed by atoms with Crippen molar-refractivity contribution in [2.75, 3.05) is 13.7 Å². The molecule has 1 aliphatic rings. The summed E-state index contributed by atoms with van der Waals surface area (Å²) in [6.45, 7) is 1.96. The molecule has 2 unspecified atom stereocenters. The molecule has 0 saturated carbocycles. The molecule has 1 heterocycles. The van der Waals surface area contributed by atoms with Gasteiger partial charge in [0.15, 0.2) is 5.11 Å². The number of methoxy groups -OCH3 is 1. The number of carboxylic acids is 1. The first-order chi connectivity index (χ1) is 6.56. The third-order valence-corrected chi connectivity index (χ3v) is 2.26. The van der Waals surface area contributed by atoms with Crippen molar-refractivity contribution in [3.05, 3.63) is 0 Å². The SMILES string of the molecule is COCC1NC(=S)N=C(C)C1C(=O)O. The Balaban J connectivity index is 2.88. The number of nitrogens with zero attached hydrogens (tertiary/aromatic N) is 1. The molecular weight excluding hydrogens is 204 g/mol. The van der Waals surface area contributed by atoms with Crippen LogP contribution >= 0.6 is 12.2 Å². The molecule has 14 heavy (non-hydrogen) atoms. The highest BCUT2D eigenvalue weighted by molar-refractivity contribution is 7.80. The highest BCUT2D eigenvalue weighted by Crippen LogP contribution is 2.13. The number of thiocarbonyl (C=S) groups is 1. The molecule has 0 aromatic carbocycles. The summed E-state index contributed by atoms with van der Waals surface area (Å²) in [5, 5.41) is 12.1. The van der Waals surface area contributed by atoms with Crippen molar-refractivity contribution < 1.29 is 14.6 Å². The van der Waals surface area contributed by atoms with E-state index in [1.807, 2.05) is 0 Å². The van der Waals surface area contributed by atoms with Crippen LogP contribution in [0.1, 0.15) is 6.92 Å². The minimum Gasteiger partial charge on any atom is -0.481 e. The molecule has 0 aromatic heterocycles. The zero-order valence-corrected chi connectivity index (χ0v) is 8.80. The number of aliphatic imine (C=N–C) groups is 1. The predicted octanol–water partition coefficient (Wildman–Crippen LogP) is 0.0512. The normalized spacial score (nSPS) is 26.7. The highest BCUT2D eigenvalue weighted by Gasteiger charge is 2.34. The summed E-state index contributed by atoms with van der Waals surface area (Å²) in [6, 6.07) is -0.331. The fourth-order valence-electron chi connectivity index (χ4n) is 1.46. The zero-order valence-electron chi connectivity index (χ0n) is 7.98. The summed E-state index contributed by atoms with van der Waals surface area (Å²) in [4.78, 5) is 14.9. The molecule has 0 aliphatic carbocycles. The van der Waals surface area contributed by atoms with Crippen LogP contribution in [0.15, 0.2) is 4.99 Å². The van der Waals surface area contributed by atoms with Crippen molar-refractivity contribution in [3.8, 4) is 0 Å². The van der Waals surface area contributed by atoms with Gasteiger partial charge in [-0.1, -0.05) is 0 Å². The van der Waals surface area contributed by atoms with Gasteiger partial charge in [-0.15, -0.1) is 0 Å². The third kappa shape index (κ3) is 2.27. The highest BCUT2D eigenvalue weighted by atomic mass is 32.1. The third-order valence-electron chi connectivity index (χ3n) is 2.05. The summed E-state index contributed by atoms with van der Waals surface area (Å²) in [5.74, 6) is -1.58. The number of hydrogen-bond donors (Lipinski definition) is 2. The van der Waals surface area contributed by atoms with E-state index in [4.69, 9.17) is 22.1 Å². The number of carbonyl (C=O) groups is 1. The van der Waals surface area contributed by atoms with Crippen LogP contribution in [0.5, 0.6) is 0 Å². The molecular formula is C8H12N2O3S. The van der Waals surface area contributed by atoms with Gasteiger partial charge in [0.05, 0.1) is 12.6 Å². The lowest BCUT2D eigenvalue weighted by Crippen LogP contribution is -2.51. The first-order valence-electron chi connectivity index (χ1n) is 4.13. The smallest absolute Gasteiger partial charge is 0.314 e. The first kappa shape index (κ1) is 11.1. The summed E-state index contributed by atoms with van der Waals surface area (Å²) in [6.07, 6.45) is 0. The van der Waals surface area contributed by atoms with Crippen molar-refractivity contribution in [2.24, 2.45) is 10.9 Å². The van der Waals surface area contributed by atoms with Crippen molar-refractivity contribution in [3.63, 3.8) is 0 Å². The second kappa shape index (κ2) is 4.47. The van der Waals surface area contributed by atoms with Crippen molar-refractivity contribution in [2.45, 2.75) is 13.0 Å². The van der Waals surface area contributed by atoms with Gasteiger partial charge in [0.2, 0.25) is 0 Å². The number of hydrogen-bond acceptors (Lipinski definition) is 3. The monoisotopic (exact) mass is 216 g/mol. The number of rotatable bonds is 3. The lowest BCUT2D eigenvalue weighted by molar-refractivity contribution is -0.140. The molecule has 1 rings (SSSR count). The number of nitrogens with one attached hydrogen (secondary N) is 1. The van der Waals surface area contributed by atoms with Crippen LogP contribution in [0.3, 0.4) is 0 Å². The molecule has 0 radical (unpaired) electrons. The Bertz CT molecular complexity index is 290. The maximum atomic E-state index is 10.9. The Kier molecular flexibility index (Phi) is 3.54. The Hall–Kier alpha value is -1.01. The molecule has 0 bridgehead atoms. The topological polar surface area (TPSA) is 70.9 Å². The molecule has 1 aliphatic heterocycles. The molecule has 0 fully saturated rings. The van der Waals surface area contributed by atoms with E-state index in [0.717, 1.165) is 0 Å². The summed E-state index contributed by atoms with van der Waals surface area (Å²) in [7, 11) is 1.52. The van der Waals surface area contributed by atoms with E-state index in [-0.39, 0.29) is 6.04 Å². The van der Waals surface area contributed by atoms with E-state index in [2.05, 4.69) is 10.3 Å². The van der Waals surface area contributed by atoms with Crippen molar-refractivity contribution in [1.29, 1.82) is 0 Å². The van der Waals surface area contributed by atoms with E-state index in [1.54, 1.807) is 6.92 Å². The second-order valence-corrected chi connectivity index (χ2v) is 3.47. The van der Waals surface area contributed by atoms with Crippen molar-refractivity contribution in [1.82, 2.24) is 5.32 Å². The molecule has 6 heteroatoms. The zero-order chi connectivity index (χ0) is 10.7. The summed E-state index contributed by atoms with van der Waals surface area (Å²) in [5.41, 5.74) is 0.517. The van der Waals surface area contributed by atoms with E-state index in [0.29, 0.717) is 17.4 Å². The Morgan fingerprint density at radius 3 is 2.93 bits per heavy atom. The molecule has 2 N–H and O–H groups in total. The van der Waals surface area contributed by atoms with Gasteiger partial charge in [-0.3, -0.25) is 4.79 Å². The maximum absolute atomic E-state index is 10.9. The number of ether oxygens (including phenoxy) is 1. The molecule has 78 valence electrons. The standard InChI is InChI=1S/C8H12N2O3S/c1-4-6(7(11)12)5(3-13-2)10-8(14)9-4/h5-6H,3H2,1-2H3,(H,10,14)(H,11,12). The van der Waals surface area contributed by atoms with Crippen molar-refractivity contribution >= 4 is 29.0 Å². The fourth-order valence-corrected chi connectivity index (χ4v) is 1.76. The average Bonchev–Trinajstić information content (AvgIpc) is 2.01. The van der Waals surface area contributed by atoms with Crippen LogP contribution in [-0.2, 0) is 9.53 Å². The average molecular weight is 216 g/mol. The Morgan fingerprint density at radius 1 is 1.79 bits per heavy atom. The van der Waals surface area contributed by atoms with Gasteiger partial charge in [-0.05, 0) is 19.1 Å². The number of carboxylic acid groups (broad SMARTS) is 1. The quantitative estimate of drug-likeness (QED) is 0.652. The van der Waals surface area contributed by atoms with E-state index >= 15 is 0 Å².